The van der Waals surface area contributed by atoms with E-state index in [1.54, 1.807) is 0 Å². The van der Waals surface area contributed by atoms with Gasteiger partial charge >= 0.3 is 0 Å². The maximum Gasteiger partial charge on any atom is 0.293 e. The number of anilines is 1. The van der Waals surface area contributed by atoms with Crippen LogP contribution in [-0.2, 0) is 9.53 Å². The molecule has 2 fully saturated rings. The van der Waals surface area contributed by atoms with E-state index in [2.05, 4.69) is 49.7 Å². The predicted octanol–water partition coefficient (Wildman–Crippen LogP) is 4.75. The zero-order valence-corrected chi connectivity index (χ0v) is 19.7. The molecule has 2 amide bonds. The summed E-state index contributed by atoms with van der Waals surface area (Å²) in [6.07, 6.45) is 1.83. The Balaban J connectivity index is 1.66. The van der Waals surface area contributed by atoms with Gasteiger partial charge in [-0.25, -0.2) is 0 Å². The number of nitrogens with zero attached hydrogens (tertiary/aromatic N) is 3. The van der Waals surface area contributed by atoms with Crippen LogP contribution in [0.3, 0.4) is 0 Å². The Bertz CT molecular complexity index is 1040. The van der Waals surface area contributed by atoms with E-state index in [-0.39, 0.29) is 11.1 Å². The summed E-state index contributed by atoms with van der Waals surface area (Å²) in [5, 5.41) is -0.204. The van der Waals surface area contributed by atoms with E-state index in [0.29, 0.717) is 11.4 Å². The first-order chi connectivity index (χ1) is 14.4. The number of likely N-dealkylation sites (N-methyl/N-ethyl adjacent to an activating group) is 1. The Hall–Kier alpha value is -2.03. The van der Waals surface area contributed by atoms with Crippen LogP contribution < -0.4 is 4.90 Å². The lowest BCUT2D eigenvalue weighted by Crippen LogP contribution is -2.36. The molecule has 1 aromatic heterocycles. The van der Waals surface area contributed by atoms with Crippen molar-refractivity contribution in [1.29, 1.82) is 0 Å². The van der Waals surface area contributed by atoms with Crippen molar-refractivity contribution < 1.29 is 14.3 Å². The largest absolute Gasteiger partial charge is 0.378 e. The van der Waals surface area contributed by atoms with Crippen molar-refractivity contribution >= 4 is 50.6 Å². The number of aryl methyl sites for hydroxylation is 1. The number of hydrogen-bond acceptors (Lipinski definition) is 5. The van der Waals surface area contributed by atoms with E-state index >= 15 is 0 Å². The van der Waals surface area contributed by atoms with Gasteiger partial charge in [-0.15, -0.1) is 0 Å². The van der Waals surface area contributed by atoms with Gasteiger partial charge < -0.3 is 14.2 Å². The molecule has 30 heavy (non-hydrogen) atoms. The summed E-state index contributed by atoms with van der Waals surface area (Å²) in [4.78, 5) is 28.5. The molecule has 0 aliphatic carbocycles. The molecule has 158 valence electrons. The lowest BCUT2D eigenvalue weighted by atomic mass is 10.2. The standard InChI is InChI=1S/C22H24BrN3O3S/c1-4-25-21(27)20(30-22(25)28)12-16-11-14(2)26(15(16)3)17-5-6-19(18(23)13-17)24-7-9-29-10-8-24/h5-6,11-13H,4,7-10H2,1-3H3/b20-12-. The van der Waals surface area contributed by atoms with Crippen LogP contribution in [0.5, 0.6) is 0 Å². The first kappa shape index (κ1) is 21.2. The van der Waals surface area contributed by atoms with Crippen LogP contribution in [0.2, 0.25) is 0 Å². The van der Waals surface area contributed by atoms with Gasteiger partial charge in [-0.05, 0) is 84.4 Å². The molecular formula is C22H24BrN3O3S. The molecule has 2 aliphatic rings. The van der Waals surface area contributed by atoms with Crippen molar-refractivity contribution in [3.05, 3.63) is 50.6 Å². The number of amides is 2. The predicted molar refractivity (Wildman–Crippen MR) is 124 cm³/mol. The lowest BCUT2D eigenvalue weighted by molar-refractivity contribution is -0.122. The monoisotopic (exact) mass is 489 g/mol. The van der Waals surface area contributed by atoms with Crippen molar-refractivity contribution in [1.82, 2.24) is 9.47 Å². The molecule has 6 nitrogen and oxygen atoms in total. The zero-order chi connectivity index (χ0) is 21.4. The highest BCUT2D eigenvalue weighted by Gasteiger charge is 2.34. The second kappa shape index (κ2) is 8.61. The van der Waals surface area contributed by atoms with E-state index in [0.717, 1.165) is 70.9 Å². The maximum atomic E-state index is 12.4. The number of imide groups is 1. The van der Waals surface area contributed by atoms with E-state index in [1.807, 2.05) is 26.8 Å². The molecule has 2 aromatic rings. The van der Waals surface area contributed by atoms with Crippen LogP contribution in [0.25, 0.3) is 11.8 Å². The Kier molecular flexibility index (Phi) is 6.09. The average Bonchev–Trinajstić information content (AvgIpc) is 3.16. The summed E-state index contributed by atoms with van der Waals surface area (Å²) in [6, 6.07) is 8.43. The lowest BCUT2D eigenvalue weighted by Gasteiger charge is -2.30. The maximum absolute atomic E-state index is 12.4. The molecule has 0 bridgehead atoms. The fraction of sp³-hybridized carbons (Fsp3) is 0.364. The smallest absolute Gasteiger partial charge is 0.293 e. The number of aromatic nitrogens is 1. The average molecular weight is 490 g/mol. The third kappa shape index (κ3) is 3.84. The summed E-state index contributed by atoms with van der Waals surface area (Å²) in [5.41, 5.74) is 5.26. The van der Waals surface area contributed by atoms with Crippen molar-refractivity contribution in [2.75, 3.05) is 37.7 Å². The topological polar surface area (TPSA) is 54.8 Å². The van der Waals surface area contributed by atoms with E-state index < -0.39 is 0 Å². The molecule has 0 saturated carbocycles. The van der Waals surface area contributed by atoms with Gasteiger partial charge in [-0.2, -0.15) is 0 Å². The molecule has 2 aliphatic heterocycles. The number of ether oxygens (including phenoxy) is 1. The van der Waals surface area contributed by atoms with Gasteiger partial charge in [0.25, 0.3) is 11.1 Å². The zero-order valence-electron chi connectivity index (χ0n) is 17.3. The summed E-state index contributed by atoms with van der Waals surface area (Å²) < 4.78 is 8.67. The summed E-state index contributed by atoms with van der Waals surface area (Å²) in [7, 11) is 0. The summed E-state index contributed by atoms with van der Waals surface area (Å²) in [5.74, 6) is -0.213. The van der Waals surface area contributed by atoms with Gasteiger partial charge in [0.2, 0.25) is 0 Å². The molecule has 0 N–H and O–H groups in total. The van der Waals surface area contributed by atoms with Crippen LogP contribution in [0.1, 0.15) is 23.9 Å². The number of carbonyl (C=O) groups is 2. The Morgan fingerprint density at radius 3 is 2.53 bits per heavy atom. The van der Waals surface area contributed by atoms with E-state index in [1.165, 1.54) is 4.90 Å². The summed E-state index contributed by atoms with van der Waals surface area (Å²) >= 11 is 4.74. The highest BCUT2D eigenvalue weighted by atomic mass is 79.9. The quantitative estimate of drug-likeness (QED) is 0.580. The fourth-order valence-electron chi connectivity index (χ4n) is 3.94. The molecule has 0 atom stereocenters. The number of carbonyl (C=O) groups excluding carboxylic acids is 2. The second-order valence-electron chi connectivity index (χ2n) is 7.32. The molecule has 0 unspecified atom stereocenters. The van der Waals surface area contributed by atoms with Gasteiger partial charge in [-0.1, -0.05) is 0 Å². The molecule has 1 aromatic carbocycles. The van der Waals surface area contributed by atoms with Gasteiger partial charge in [0, 0.05) is 41.2 Å². The molecule has 8 heteroatoms. The highest BCUT2D eigenvalue weighted by molar-refractivity contribution is 9.10. The minimum Gasteiger partial charge on any atom is -0.378 e. The fourth-order valence-corrected chi connectivity index (χ4v) is 5.45. The normalized spacial score (nSPS) is 18.7. The summed E-state index contributed by atoms with van der Waals surface area (Å²) in [6.45, 7) is 9.55. The highest BCUT2D eigenvalue weighted by Crippen LogP contribution is 2.35. The van der Waals surface area contributed by atoms with E-state index in [9.17, 15) is 9.59 Å². The van der Waals surface area contributed by atoms with Crippen molar-refractivity contribution in [2.45, 2.75) is 20.8 Å². The number of benzene rings is 1. The molecule has 2 saturated heterocycles. The van der Waals surface area contributed by atoms with Crippen molar-refractivity contribution in [3.63, 3.8) is 0 Å². The number of rotatable bonds is 4. The number of hydrogen-bond donors (Lipinski definition) is 0. The second-order valence-corrected chi connectivity index (χ2v) is 9.17. The van der Waals surface area contributed by atoms with Gasteiger partial charge in [0.05, 0.1) is 23.8 Å². The van der Waals surface area contributed by atoms with Crippen molar-refractivity contribution in [2.24, 2.45) is 0 Å². The molecule has 0 spiro atoms. The van der Waals surface area contributed by atoms with Crippen LogP contribution >= 0.6 is 27.7 Å². The van der Waals surface area contributed by atoms with Gasteiger partial charge in [-0.3, -0.25) is 14.5 Å². The minimum absolute atomic E-state index is 0.204. The molecule has 4 rings (SSSR count). The Morgan fingerprint density at radius 2 is 1.90 bits per heavy atom. The molecular weight excluding hydrogens is 466 g/mol. The third-order valence-corrected chi connectivity index (χ3v) is 7.03. The third-order valence-electron chi connectivity index (χ3n) is 5.49. The molecule has 3 heterocycles. The van der Waals surface area contributed by atoms with Crippen LogP contribution in [0.4, 0.5) is 10.5 Å². The van der Waals surface area contributed by atoms with Crippen LogP contribution in [0.15, 0.2) is 33.6 Å². The van der Waals surface area contributed by atoms with Gasteiger partial charge in [0.15, 0.2) is 0 Å². The Morgan fingerprint density at radius 1 is 1.17 bits per heavy atom. The van der Waals surface area contributed by atoms with Crippen molar-refractivity contribution in [3.8, 4) is 5.69 Å². The number of morpholine rings is 1. The SMILES string of the molecule is CCN1C(=O)S/C(=C\c2cc(C)n(-c3ccc(N4CCOCC4)c(Br)c3)c2C)C1=O. The first-order valence-corrected chi connectivity index (χ1v) is 11.6. The number of thioether (sulfide) groups is 1. The van der Waals surface area contributed by atoms with Gasteiger partial charge in [0.1, 0.15) is 0 Å². The molecule has 0 radical (unpaired) electrons. The van der Waals surface area contributed by atoms with Crippen LogP contribution in [0, 0.1) is 13.8 Å². The first-order valence-electron chi connectivity index (χ1n) is 9.97. The van der Waals surface area contributed by atoms with E-state index in [4.69, 9.17) is 4.74 Å². The Labute approximate surface area is 189 Å². The number of halogens is 1. The minimum atomic E-state index is -0.213. The van der Waals surface area contributed by atoms with Crippen LogP contribution in [-0.4, -0.2) is 53.5 Å².